The van der Waals surface area contributed by atoms with Gasteiger partial charge in [0.25, 0.3) is 0 Å². The smallest absolute Gasteiger partial charge is 0.354 e. The first kappa shape index (κ1) is 87.7. The van der Waals surface area contributed by atoms with Gasteiger partial charge in [-0.15, -0.1) is 102 Å². The van der Waals surface area contributed by atoms with Crippen LogP contribution in [-0.2, 0) is 121 Å². The van der Waals surface area contributed by atoms with Gasteiger partial charge in [0.1, 0.15) is 17.6 Å². The van der Waals surface area contributed by atoms with Crippen molar-refractivity contribution in [3.8, 4) is 67.5 Å². The number of fused-ring (bicyclic) bond motifs is 1. The van der Waals surface area contributed by atoms with Gasteiger partial charge in [0.2, 0.25) is 0 Å². The second kappa shape index (κ2) is 46.8. The Bertz CT molecular complexity index is 4420. The summed E-state index contributed by atoms with van der Waals surface area (Å²) in [6.45, 7) is 5.83. The second-order valence-electron chi connectivity index (χ2n) is 19.4. The van der Waals surface area contributed by atoms with Crippen LogP contribution in [0.15, 0.2) is 256 Å². The molecule has 6 radical (unpaired) electrons. The van der Waals surface area contributed by atoms with E-state index in [-0.39, 0.29) is 143 Å². The largest absolute Gasteiger partial charge is 0.477 e. The van der Waals surface area contributed by atoms with Crippen molar-refractivity contribution in [1.29, 1.82) is 0 Å². The Hall–Kier alpha value is -8.41. The zero-order valence-corrected chi connectivity index (χ0v) is 66.7. The summed E-state index contributed by atoms with van der Waals surface area (Å²) >= 11 is 0. The van der Waals surface area contributed by atoms with E-state index in [1.807, 2.05) is 118 Å². The van der Waals surface area contributed by atoms with Crippen molar-refractivity contribution in [3.63, 3.8) is 0 Å². The fourth-order valence-electron chi connectivity index (χ4n) is 8.28. The molecule has 0 aliphatic carbocycles. The maximum Gasteiger partial charge on any atom is 0.354 e. The molecule has 0 saturated carbocycles. The van der Waals surface area contributed by atoms with Crippen molar-refractivity contribution in [2.45, 2.75) is 20.8 Å². The number of aromatic carboxylic acids is 1. The van der Waals surface area contributed by atoms with Gasteiger partial charge in [0.15, 0.2) is 0 Å². The van der Waals surface area contributed by atoms with E-state index < -0.39 is 41.1 Å². The van der Waals surface area contributed by atoms with Crippen molar-refractivity contribution in [3.05, 3.63) is 350 Å². The third-order valence-electron chi connectivity index (χ3n) is 12.6. The van der Waals surface area contributed by atoms with Gasteiger partial charge in [-0.3, -0.25) is 22.5 Å². The summed E-state index contributed by atoms with van der Waals surface area (Å²) in [5.74, 6) is -5.34. The summed E-state index contributed by atoms with van der Waals surface area (Å²) in [7, 11) is 0. The summed E-state index contributed by atoms with van der Waals surface area (Å²) in [5, 5.41) is 10.7. The van der Waals surface area contributed by atoms with Crippen LogP contribution in [0.2, 0.25) is 0 Å². The summed E-state index contributed by atoms with van der Waals surface area (Å²) in [5.41, 5.74) is 10.6. The molecular formula is C76H52F6Ir6N10O2-6. The zero-order chi connectivity index (χ0) is 66.4. The van der Waals surface area contributed by atoms with Crippen molar-refractivity contribution >= 4 is 16.7 Å². The Kier molecular flexibility index (Phi) is 41.1. The van der Waals surface area contributed by atoms with E-state index in [0.29, 0.717) is 17.1 Å². The van der Waals surface area contributed by atoms with Crippen LogP contribution < -0.4 is 0 Å². The number of hydrogen-bond acceptors (Lipinski definition) is 11. The number of halogens is 6. The normalized spacial score (nSPS) is 9.45. The molecular weight excluding hydrogens is 2350 g/mol. The first-order valence-corrected chi connectivity index (χ1v) is 28.4. The molecule has 0 aliphatic rings. The Morgan fingerprint density at radius 3 is 1.38 bits per heavy atom. The number of nitrogens with zero attached hydrogens (tertiary/aromatic N) is 10. The summed E-state index contributed by atoms with van der Waals surface area (Å²) in [6, 6.07) is 73.7. The molecule has 0 saturated heterocycles. The Morgan fingerprint density at radius 2 is 0.890 bits per heavy atom. The van der Waals surface area contributed by atoms with E-state index in [4.69, 9.17) is 5.11 Å². The van der Waals surface area contributed by atoms with Gasteiger partial charge in [0.05, 0.1) is 0 Å². The minimum Gasteiger partial charge on any atom is -0.477 e. The van der Waals surface area contributed by atoms with Gasteiger partial charge in [-0.05, 0) is 112 Å². The molecule has 0 bridgehead atoms. The molecule has 0 unspecified atom stereocenters. The van der Waals surface area contributed by atoms with Gasteiger partial charge in [-0.2, -0.15) is 0 Å². The van der Waals surface area contributed by atoms with E-state index in [0.717, 1.165) is 81.1 Å². The van der Waals surface area contributed by atoms with E-state index >= 15 is 0 Å². The summed E-state index contributed by atoms with van der Waals surface area (Å²) < 4.78 is 77.4. The van der Waals surface area contributed by atoms with Gasteiger partial charge in [0, 0.05) is 187 Å². The van der Waals surface area contributed by atoms with E-state index in [9.17, 15) is 31.1 Å². The fourth-order valence-corrected chi connectivity index (χ4v) is 8.28. The van der Waals surface area contributed by atoms with E-state index in [1.54, 1.807) is 97.8 Å². The molecule has 14 aromatic rings. The Balaban J connectivity index is 0.000000395. The molecule has 0 fully saturated rings. The molecule has 12 nitrogen and oxygen atoms in total. The maximum absolute atomic E-state index is 13.4. The monoisotopic (exact) mass is 2410 g/mol. The van der Waals surface area contributed by atoms with Crippen LogP contribution in [0, 0.1) is 92.3 Å². The minimum absolute atomic E-state index is 0. The van der Waals surface area contributed by atoms with Gasteiger partial charge < -0.3 is 45.0 Å². The fraction of sp³-hybridized carbons (Fsp3) is 0.0395. The molecule has 100 heavy (non-hydrogen) atoms. The Labute approximate surface area is 655 Å². The second-order valence-corrected chi connectivity index (χ2v) is 19.4. The summed E-state index contributed by atoms with van der Waals surface area (Å²) in [6.07, 6.45) is 14.9. The number of carbonyl (C=O) groups is 1. The average Bonchev–Trinajstić information content (AvgIpc) is 0.815. The predicted octanol–water partition coefficient (Wildman–Crippen LogP) is 17.2. The third-order valence-corrected chi connectivity index (χ3v) is 12.6. The molecule has 0 spiro atoms. The third kappa shape index (κ3) is 28.0. The van der Waals surface area contributed by atoms with Gasteiger partial charge in [-0.1, -0.05) is 152 Å². The number of aryl methyl sites for hydroxylation is 3. The SMILES string of the molecule is Cc1c[c-]c(-c2ccccn2)c(C)n1.Cc1ccnc(-c2[c-]cc(F)cc2F)c1.Fc1c[c-]c(-c2ccccn2)c(F)c1.Fc1c[c-]c(-c2ccccn2)c(F)n1.O=C(O)c1ccccn1.[Ir].[Ir].[Ir].[Ir].[Ir].[Ir].[c-]1ccccc1-c1nccc2ccccc12.[c-]1ccncc1-c1ccccn1. The number of benzene rings is 4. The molecule has 520 valence electrons. The quantitative estimate of drug-likeness (QED) is 0.0913. The van der Waals surface area contributed by atoms with E-state index in [2.05, 4.69) is 98.4 Å². The van der Waals surface area contributed by atoms with Crippen molar-refractivity contribution < 1.29 is 157 Å². The van der Waals surface area contributed by atoms with Crippen LogP contribution in [0.3, 0.4) is 0 Å². The number of aromatic nitrogens is 10. The van der Waals surface area contributed by atoms with Crippen LogP contribution in [-0.4, -0.2) is 60.9 Å². The van der Waals surface area contributed by atoms with Crippen molar-refractivity contribution in [2.75, 3.05) is 0 Å². The zero-order valence-electron chi connectivity index (χ0n) is 52.3. The predicted molar refractivity (Wildman–Crippen MR) is 347 cm³/mol. The molecule has 0 amide bonds. The molecule has 14 rings (SSSR count). The molecule has 24 heteroatoms. The molecule has 10 heterocycles. The van der Waals surface area contributed by atoms with Gasteiger partial charge >= 0.3 is 5.97 Å². The standard InChI is InChI=1S/C15H10N.C12H8F2N.C12H11N2.C11H6F2N.C10H5F2N2.C10H7N2.C6H5NO2.6Ir/c1-2-7-13(8-3-1)15-14-9-5-4-6-12(14)10-11-16-15;1-8-4-5-15-12(6-8)10-3-2-9(13)7-11(10)14;1-9-6-7-11(10(2)14-9)12-5-3-4-8-13-12;12-8-4-5-9(10(13)7-8)11-3-1-2-6-14-11;11-9-5-4-7(10(12)14-9)8-3-1-2-6-13-8;1-2-7-12-10(5-1)9-4-3-6-11-8-9;8-6(9)5-3-1-2-4-7-5;;;;;;/h1-7,9-11H;2,4-7H,1H3;3-6,8H,1-2H3;1-4,6-7H;1-3,5-6H;1-3,5-8H;1-4H,(H,8,9);;;;;;/q6*-1;;;;;;;. The molecule has 1 N–H and O–H groups in total. The number of pyridine rings is 10. The van der Waals surface area contributed by atoms with Crippen LogP contribution in [0.1, 0.15) is 27.4 Å². The summed E-state index contributed by atoms with van der Waals surface area (Å²) in [4.78, 5) is 49.9. The number of rotatable bonds is 7. The van der Waals surface area contributed by atoms with Crippen LogP contribution >= 0.6 is 0 Å². The number of hydrogen-bond donors (Lipinski definition) is 1. The molecule has 10 aromatic heterocycles. The van der Waals surface area contributed by atoms with Crippen LogP contribution in [0.5, 0.6) is 0 Å². The first-order chi connectivity index (χ1) is 45.7. The van der Waals surface area contributed by atoms with Crippen LogP contribution in [0.4, 0.5) is 26.3 Å². The minimum atomic E-state index is -0.990. The van der Waals surface area contributed by atoms with E-state index in [1.165, 1.54) is 29.2 Å². The van der Waals surface area contributed by atoms with Crippen LogP contribution in [0.25, 0.3) is 78.3 Å². The molecule has 4 aromatic carbocycles. The maximum atomic E-state index is 13.4. The Morgan fingerprint density at radius 1 is 0.400 bits per heavy atom. The molecule has 0 atom stereocenters. The molecule has 0 aliphatic heterocycles. The first-order valence-electron chi connectivity index (χ1n) is 28.4. The number of carboxylic acid groups (broad SMARTS) is 1. The van der Waals surface area contributed by atoms with Crippen molar-refractivity contribution in [2.24, 2.45) is 0 Å². The average molecular weight is 2400 g/mol. The van der Waals surface area contributed by atoms with Crippen molar-refractivity contribution in [1.82, 2.24) is 49.8 Å². The number of carboxylic acids is 1. The topological polar surface area (TPSA) is 166 Å². The van der Waals surface area contributed by atoms with Gasteiger partial charge in [-0.25, -0.2) is 18.6 Å².